The van der Waals surface area contributed by atoms with Gasteiger partial charge in [-0.3, -0.25) is 0 Å². The van der Waals surface area contributed by atoms with Gasteiger partial charge in [0.1, 0.15) is 11.6 Å². The van der Waals surface area contributed by atoms with Gasteiger partial charge in [0.2, 0.25) is 0 Å². The fourth-order valence-electron chi connectivity index (χ4n) is 1.30. The summed E-state index contributed by atoms with van der Waals surface area (Å²) in [6.45, 7) is 3.53. The van der Waals surface area contributed by atoms with Gasteiger partial charge in [-0.25, -0.2) is 9.97 Å². The lowest BCUT2D eigenvalue weighted by atomic mass is 10.4. The number of thioether (sulfide) groups is 1. The molecule has 0 amide bonds. The molecule has 1 rings (SSSR count). The third kappa shape index (κ3) is 4.11. The van der Waals surface area contributed by atoms with Gasteiger partial charge in [0.15, 0.2) is 5.16 Å². The number of nitriles is 1. The number of hydrogen-bond acceptors (Lipinski definition) is 6. The molecule has 0 unspecified atom stereocenters. The third-order valence-corrected chi connectivity index (χ3v) is 2.73. The van der Waals surface area contributed by atoms with Crippen LogP contribution < -0.4 is 10.2 Å². The highest BCUT2D eigenvalue weighted by Gasteiger charge is 2.07. The molecule has 5 nitrogen and oxygen atoms in total. The molecule has 17 heavy (non-hydrogen) atoms. The number of hydrogen-bond donors (Lipinski definition) is 1. The summed E-state index contributed by atoms with van der Waals surface area (Å²) in [7, 11) is 1.93. The molecule has 1 N–H and O–H groups in total. The molecular weight excluding hydrogens is 234 g/mol. The van der Waals surface area contributed by atoms with E-state index in [0.29, 0.717) is 13.0 Å². The molecule has 0 atom stereocenters. The van der Waals surface area contributed by atoms with E-state index in [0.717, 1.165) is 23.3 Å². The average Bonchev–Trinajstić information content (AvgIpc) is 2.35. The molecule has 0 saturated heterocycles. The van der Waals surface area contributed by atoms with E-state index in [1.54, 1.807) is 0 Å². The van der Waals surface area contributed by atoms with E-state index in [1.165, 1.54) is 11.8 Å². The molecule has 92 valence electrons. The second-order valence-electron chi connectivity index (χ2n) is 3.46. The smallest absolute Gasteiger partial charge is 0.191 e. The van der Waals surface area contributed by atoms with Crippen LogP contribution in [-0.2, 0) is 0 Å². The Morgan fingerprint density at radius 2 is 2.29 bits per heavy atom. The molecule has 0 aliphatic rings. The van der Waals surface area contributed by atoms with Crippen LogP contribution in [0.3, 0.4) is 0 Å². The minimum Gasteiger partial charge on any atom is -0.370 e. The zero-order valence-corrected chi connectivity index (χ0v) is 11.2. The monoisotopic (exact) mass is 251 g/mol. The molecule has 0 radical (unpaired) electrons. The summed E-state index contributed by atoms with van der Waals surface area (Å²) in [6.07, 6.45) is 2.44. The first-order chi connectivity index (χ1) is 8.21. The Labute approximate surface area is 106 Å². The average molecular weight is 251 g/mol. The van der Waals surface area contributed by atoms with E-state index in [9.17, 15) is 0 Å². The highest BCUT2D eigenvalue weighted by molar-refractivity contribution is 7.98. The molecular formula is C11H17N5S. The number of nitrogens with one attached hydrogen (secondary N) is 1. The Hall–Kier alpha value is -1.48. The predicted octanol–water partition coefficient (Wildman–Crippen LogP) is 1.98. The van der Waals surface area contributed by atoms with Crippen molar-refractivity contribution in [2.24, 2.45) is 0 Å². The van der Waals surface area contributed by atoms with Crippen LogP contribution in [0.15, 0.2) is 11.2 Å². The SMILES string of the molecule is CCNc1cc(N(C)CCC#N)nc(SC)n1. The van der Waals surface area contributed by atoms with E-state index in [2.05, 4.69) is 21.4 Å². The molecule has 0 aliphatic carbocycles. The molecule has 1 aromatic heterocycles. The maximum Gasteiger partial charge on any atom is 0.191 e. The second-order valence-corrected chi connectivity index (χ2v) is 4.23. The van der Waals surface area contributed by atoms with Gasteiger partial charge in [-0.1, -0.05) is 11.8 Å². The zero-order valence-electron chi connectivity index (χ0n) is 10.4. The van der Waals surface area contributed by atoms with Crippen LogP contribution in [-0.4, -0.2) is 36.4 Å². The molecule has 0 aromatic carbocycles. The Bertz CT molecular complexity index is 401. The van der Waals surface area contributed by atoms with Gasteiger partial charge in [-0.15, -0.1) is 0 Å². The summed E-state index contributed by atoms with van der Waals surface area (Å²) >= 11 is 1.51. The standard InChI is InChI=1S/C11H17N5S/c1-4-13-9-8-10(15-11(14-9)17-3)16(2)7-5-6-12/h8H,4-5,7H2,1-3H3,(H,13,14,15). The number of rotatable bonds is 6. The van der Waals surface area contributed by atoms with Crippen molar-refractivity contribution in [2.45, 2.75) is 18.5 Å². The second kappa shape index (κ2) is 6.97. The van der Waals surface area contributed by atoms with Gasteiger partial charge in [-0.05, 0) is 13.2 Å². The van der Waals surface area contributed by atoms with Crippen LogP contribution in [0.2, 0.25) is 0 Å². The number of anilines is 2. The minimum absolute atomic E-state index is 0.492. The fraction of sp³-hybridized carbons (Fsp3) is 0.545. The van der Waals surface area contributed by atoms with Crippen LogP contribution in [0.5, 0.6) is 0 Å². The molecule has 1 aromatic rings. The first kappa shape index (κ1) is 13.6. The van der Waals surface area contributed by atoms with Crippen molar-refractivity contribution in [1.29, 1.82) is 5.26 Å². The van der Waals surface area contributed by atoms with Gasteiger partial charge in [0, 0.05) is 26.2 Å². The van der Waals surface area contributed by atoms with Gasteiger partial charge < -0.3 is 10.2 Å². The summed E-state index contributed by atoms with van der Waals surface area (Å²) in [5.74, 6) is 1.67. The summed E-state index contributed by atoms with van der Waals surface area (Å²) in [4.78, 5) is 10.7. The van der Waals surface area contributed by atoms with Crippen molar-refractivity contribution in [2.75, 3.05) is 36.6 Å². The highest BCUT2D eigenvalue weighted by Crippen LogP contribution is 2.19. The van der Waals surface area contributed by atoms with Crippen LogP contribution >= 0.6 is 11.8 Å². The lowest BCUT2D eigenvalue weighted by molar-refractivity contribution is 0.851. The Morgan fingerprint density at radius 1 is 1.53 bits per heavy atom. The van der Waals surface area contributed by atoms with Crippen LogP contribution in [0.25, 0.3) is 0 Å². The van der Waals surface area contributed by atoms with Crippen molar-refractivity contribution < 1.29 is 0 Å². The van der Waals surface area contributed by atoms with Crippen molar-refractivity contribution in [3.05, 3.63) is 6.07 Å². The Kier molecular flexibility index (Phi) is 5.57. The summed E-state index contributed by atoms with van der Waals surface area (Å²) in [6, 6.07) is 4.03. The van der Waals surface area contributed by atoms with Gasteiger partial charge >= 0.3 is 0 Å². The number of nitrogens with zero attached hydrogens (tertiary/aromatic N) is 4. The van der Waals surface area contributed by atoms with Gasteiger partial charge in [-0.2, -0.15) is 5.26 Å². The lowest BCUT2D eigenvalue weighted by Gasteiger charge is -2.17. The van der Waals surface area contributed by atoms with Crippen LogP contribution in [0.1, 0.15) is 13.3 Å². The van der Waals surface area contributed by atoms with Crippen molar-refractivity contribution in [1.82, 2.24) is 9.97 Å². The summed E-state index contributed by atoms with van der Waals surface area (Å²) < 4.78 is 0. The molecule has 6 heteroatoms. The normalized spacial score (nSPS) is 9.76. The van der Waals surface area contributed by atoms with E-state index in [1.807, 2.05) is 31.2 Å². The van der Waals surface area contributed by atoms with E-state index in [-0.39, 0.29) is 0 Å². The van der Waals surface area contributed by atoms with E-state index in [4.69, 9.17) is 5.26 Å². The molecule has 0 aliphatic heterocycles. The first-order valence-electron chi connectivity index (χ1n) is 5.46. The van der Waals surface area contributed by atoms with Crippen LogP contribution in [0.4, 0.5) is 11.6 Å². The summed E-state index contributed by atoms with van der Waals surface area (Å²) in [5.41, 5.74) is 0. The van der Waals surface area contributed by atoms with Crippen molar-refractivity contribution in [3.63, 3.8) is 0 Å². The molecule has 0 saturated carbocycles. The lowest BCUT2D eigenvalue weighted by Crippen LogP contribution is -2.20. The van der Waals surface area contributed by atoms with Crippen molar-refractivity contribution >= 4 is 23.4 Å². The quantitative estimate of drug-likeness (QED) is 0.616. The van der Waals surface area contributed by atoms with Crippen LogP contribution in [0, 0.1) is 11.3 Å². The maximum absolute atomic E-state index is 8.58. The molecule has 0 spiro atoms. The summed E-state index contributed by atoms with van der Waals surface area (Å²) in [5, 5.41) is 12.5. The molecule has 0 bridgehead atoms. The van der Waals surface area contributed by atoms with E-state index >= 15 is 0 Å². The largest absolute Gasteiger partial charge is 0.370 e. The topological polar surface area (TPSA) is 64.8 Å². The first-order valence-corrected chi connectivity index (χ1v) is 6.68. The van der Waals surface area contributed by atoms with Crippen molar-refractivity contribution in [3.8, 4) is 6.07 Å². The third-order valence-electron chi connectivity index (χ3n) is 2.18. The Morgan fingerprint density at radius 3 is 2.88 bits per heavy atom. The van der Waals surface area contributed by atoms with E-state index < -0.39 is 0 Å². The highest BCUT2D eigenvalue weighted by atomic mass is 32.2. The fourth-order valence-corrected chi connectivity index (χ4v) is 1.68. The number of aromatic nitrogens is 2. The predicted molar refractivity (Wildman–Crippen MR) is 71.5 cm³/mol. The minimum atomic E-state index is 0.492. The molecule has 1 heterocycles. The Balaban J connectivity index is 2.89. The molecule has 0 fully saturated rings. The maximum atomic E-state index is 8.58. The van der Waals surface area contributed by atoms with Gasteiger partial charge in [0.05, 0.1) is 12.5 Å². The zero-order chi connectivity index (χ0) is 12.7. The van der Waals surface area contributed by atoms with Gasteiger partial charge in [0.25, 0.3) is 0 Å².